The highest BCUT2D eigenvalue weighted by Gasteiger charge is 2.60. The van der Waals surface area contributed by atoms with E-state index in [9.17, 15) is 13.2 Å². The number of para-hydroxylation sites is 2. The van der Waals surface area contributed by atoms with Gasteiger partial charge in [-0.15, -0.1) is 0 Å². The number of fused-ring (bicyclic) bond motifs is 5. The Morgan fingerprint density at radius 1 is 1.03 bits per heavy atom. The summed E-state index contributed by atoms with van der Waals surface area (Å²) in [7, 11) is -2.65. The van der Waals surface area contributed by atoms with Crippen LogP contribution in [-0.2, 0) is 25.0 Å². The molecule has 1 aliphatic carbocycles. The first-order valence-corrected chi connectivity index (χ1v) is 14.1. The zero-order valence-electron chi connectivity index (χ0n) is 21.3. The van der Waals surface area contributed by atoms with Crippen LogP contribution < -0.4 is 10.6 Å². The van der Waals surface area contributed by atoms with Crippen molar-refractivity contribution in [3.63, 3.8) is 0 Å². The number of aryl methyl sites for hydroxylation is 2. The minimum absolute atomic E-state index is 0.200. The smallest absolute Gasteiger partial charge is 0.340 e. The molecule has 2 aliphatic heterocycles. The van der Waals surface area contributed by atoms with Gasteiger partial charge < -0.3 is 15.4 Å². The molecule has 3 heterocycles. The number of methoxy groups -OCH3 is 1. The molecule has 0 unspecified atom stereocenters. The summed E-state index contributed by atoms with van der Waals surface area (Å²) >= 11 is 0. The fraction of sp³-hybridized carbons (Fsp3) is 0.233. The van der Waals surface area contributed by atoms with Crippen LogP contribution in [-0.4, -0.2) is 32.0 Å². The number of aromatic nitrogens is 1. The summed E-state index contributed by atoms with van der Waals surface area (Å²) in [5.41, 5.74) is 6.37. The van der Waals surface area contributed by atoms with E-state index in [4.69, 9.17) is 4.74 Å². The number of hydrogen-bond acceptors (Lipinski definition) is 6. The van der Waals surface area contributed by atoms with Crippen molar-refractivity contribution in [2.45, 2.75) is 36.6 Å². The molecule has 7 rings (SSSR count). The van der Waals surface area contributed by atoms with Crippen molar-refractivity contribution in [1.82, 2.24) is 9.29 Å². The standard InChI is InChI=1S/C30H27N3O4S/c1-17-11-13-19(14-12-17)38(35,36)33-22-10-5-4-8-20(22)23-24(29(34)37-3)27-30(15-16-31-27)21-9-6-7-18(2)25(21)32-28(30)26(23)33/h4-14,28,31-32H,15-16H2,1-3H3/t28-,30+/m0/s1. The third-order valence-corrected chi connectivity index (χ3v) is 10.1. The van der Waals surface area contributed by atoms with Gasteiger partial charge in [0.15, 0.2) is 0 Å². The van der Waals surface area contributed by atoms with E-state index in [2.05, 4.69) is 16.7 Å². The molecule has 4 aromatic rings. The van der Waals surface area contributed by atoms with Crippen molar-refractivity contribution in [3.8, 4) is 0 Å². The minimum atomic E-state index is -4.02. The van der Waals surface area contributed by atoms with Gasteiger partial charge in [0.2, 0.25) is 0 Å². The van der Waals surface area contributed by atoms with Gasteiger partial charge in [0.1, 0.15) is 0 Å². The highest BCUT2D eigenvalue weighted by molar-refractivity contribution is 7.90. The lowest BCUT2D eigenvalue weighted by Crippen LogP contribution is -2.40. The third-order valence-electron chi connectivity index (χ3n) is 8.39. The summed E-state index contributed by atoms with van der Waals surface area (Å²) in [6.07, 6.45) is 0.711. The van der Waals surface area contributed by atoms with E-state index < -0.39 is 27.4 Å². The van der Waals surface area contributed by atoms with E-state index in [1.807, 2.05) is 50.2 Å². The lowest BCUT2D eigenvalue weighted by Gasteiger charge is -2.38. The Morgan fingerprint density at radius 3 is 2.55 bits per heavy atom. The Bertz CT molecular complexity index is 1820. The lowest BCUT2D eigenvalue weighted by molar-refractivity contribution is -0.133. The van der Waals surface area contributed by atoms with E-state index in [-0.39, 0.29) is 4.90 Å². The highest BCUT2D eigenvalue weighted by Crippen LogP contribution is 2.63. The molecule has 0 radical (unpaired) electrons. The zero-order valence-corrected chi connectivity index (χ0v) is 22.1. The molecular formula is C30H27N3O4S. The number of anilines is 1. The number of benzene rings is 3. The van der Waals surface area contributed by atoms with Crippen LogP contribution in [0.4, 0.5) is 5.69 Å². The first-order chi connectivity index (χ1) is 18.3. The van der Waals surface area contributed by atoms with Gasteiger partial charge >= 0.3 is 5.97 Å². The summed E-state index contributed by atoms with van der Waals surface area (Å²) < 4.78 is 35.7. The number of rotatable bonds is 3. The maximum atomic E-state index is 14.4. The van der Waals surface area contributed by atoms with Gasteiger partial charge in [-0.3, -0.25) is 0 Å². The molecule has 0 saturated carbocycles. The number of esters is 1. The SMILES string of the molecule is COC(=O)C1=C2NCC[C@@]23c2cccc(C)c2N[C@H]3c2c1c1ccccc1n2S(=O)(=O)c1ccc(C)cc1. The summed E-state index contributed by atoms with van der Waals surface area (Å²) in [6.45, 7) is 4.64. The van der Waals surface area contributed by atoms with E-state index in [0.29, 0.717) is 40.7 Å². The largest absolute Gasteiger partial charge is 0.465 e. The van der Waals surface area contributed by atoms with Crippen LogP contribution in [0.3, 0.4) is 0 Å². The van der Waals surface area contributed by atoms with Crippen molar-refractivity contribution in [1.29, 1.82) is 0 Å². The highest BCUT2D eigenvalue weighted by atomic mass is 32.2. The van der Waals surface area contributed by atoms with Crippen molar-refractivity contribution in [2.75, 3.05) is 19.0 Å². The van der Waals surface area contributed by atoms with E-state index in [1.54, 1.807) is 24.3 Å². The minimum Gasteiger partial charge on any atom is -0.465 e. The van der Waals surface area contributed by atoms with Crippen molar-refractivity contribution in [2.24, 2.45) is 0 Å². The van der Waals surface area contributed by atoms with Crippen LogP contribution in [0.25, 0.3) is 16.5 Å². The normalized spacial score (nSPS) is 21.3. The van der Waals surface area contributed by atoms with Gasteiger partial charge in [0, 0.05) is 28.9 Å². The van der Waals surface area contributed by atoms with Crippen LogP contribution in [0.1, 0.15) is 40.4 Å². The molecule has 3 aliphatic rings. The second kappa shape index (κ2) is 7.74. The average Bonchev–Trinajstić information content (AvgIpc) is 3.60. The number of carbonyl (C=O) groups is 1. The van der Waals surface area contributed by atoms with Crippen LogP contribution in [0.5, 0.6) is 0 Å². The molecule has 3 aromatic carbocycles. The summed E-state index contributed by atoms with van der Waals surface area (Å²) in [4.78, 5) is 13.7. The van der Waals surface area contributed by atoms with Gasteiger partial charge in [0.05, 0.1) is 40.2 Å². The number of hydrogen-bond donors (Lipinski definition) is 2. The Balaban J connectivity index is 1.65. The molecular weight excluding hydrogens is 498 g/mol. The van der Waals surface area contributed by atoms with E-state index in [0.717, 1.165) is 28.1 Å². The van der Waals surface area contributed by atoms with Crippen molar-refractivity contribution in [3.05, 3.63) is 100 Å². The fourth-order valence-corrected chi connectivity index (χ4v) is 8.32. The molecule has 2 N–H and O–H groups in total. The molecule has 2 atom stereocenters. The number of ether oxygens (including phenoxy) is 1. The maximum Gasteiger partial charge on any atom is 0.340 e. The molecule has 0 bridgehead atoms. The van der Waals surface area contributed by atoms with Crippen LogP contribution >= 0.6 is 0 Å². The van der Waals surface area contributed by atoms with Gasteiger partial charge in [-0.1, -0.05) is 54.1 Å². The van der Waals surface area contributed by atoms with Gasteiger partial charge in [-0.2, -0.15) is 0 Å². The molecule has 1 spiro atoms. The Morgan fingerprint density at radius 2 is 1.79 bits per heavy atom. The first kappa shape index (κ1) is 23.1. The second-order valence-corrected chi connectivity index (χ2v) is 12.1. The summed E-state index contributed by atoms with van der Waals surface area (Å²) in [6, 6.07) is 20.0. The van der Waals surface area contributed by atoms with Crippen LogP contribution in [0.15, 0.2) is 77.3 Å². The van der Waals surface area contributed by atoms with Gasteiger partial charge in [-0.05, 0) is 49.6 Å². The number of nitrogens with one attached hydrogen (secondary N) is 2. The van der Waals surface area contributed by atoms with E-state index in [1.165, 1.54) is 11.1 Å². The Labute approximate surface area is 221 Å². The van der Waals surface area contributed by atoms with Crippen molar-refractivity contribution < 1.29 is 17.9 Å². The molecule has 1 fully saturated rings. The summed E-state index contributed by atoms with van der Waals surface area (Å²) in [5, 5.41) is 7.94. The summed E-state index contributed by atoms with van der Waals surface area (Å²) in [5.74, 6) is -0.481. The molecule has 8 heteroatoms. The van der Waals surface area contributed by atoms with Crippen molar-refractivity contribution >= 4 is 38.2 Å². The predicted molar refractivity (Wildman–Crippen MR) is 146 cm³/mol. The molecule has 1 saturated heterocycles. The third kappa shape index (κ3) is 2.73. The predicted octanol–water partition coefficient (Wildman–Crippen LogP) is 4.79. The fourth-order valence-electron chi connectivity index (χ4n) is 6.75. The molecule has 38 heavy (non-hydrogen) atoms. The topological polar surface area (TPSA) is 89.4 Å². The van der Waals surface area contributed by atoms with Crippen LogP contribution in [0.2, 0.25) is 0 Å². The molecule has 192 valence electrons. The molecule has 1 aromatic heterocycles. The maximum absolute atomic E-state index is 14.4. The second-order valence-electron chi connectivity index (χ2n) is 10.3. The first-order valence-electron chi connectivity index (χ1n) is 12.7. The van der Waals surface area contributed by atoms with Crippen LogP contribution in [0, 0.1) is 13.8 Å². The van der Waals surface area contributed by atoms with E-state index >= 15 is 0 Å². The zero-order chi connectivity index (χ0) is 26.4. The lowest BCUT2D eigenvalue weighted by atomic mass is 9.67. The Hall–Kier alpha value is -4.04. The average molecular weight is 526 g/mol. The molecule has 0 amide bonds. The molecule has 7 nitrogen and oxygen atoms in total. The van der Waals surface area contributed by atoms with Gasteiger partial charge in [-0.25, -0.2) is 17.2 Å². The Kier molecular flexibility index (Phi) is 4.70. The number of carbonyl (C=O) groups excluding carboxylic acids is 1. The number of nitrogens with zero attached hydrogens (tertiary/aromatic N) is 1. The monoisotopic (exact) mass is 525 g/mol. The van der Waals surface area contributed by atoms with Gasteiger partial charge in [0.25, 0.3) is 10.0 Å². The quantitative estimate of drug-likeness (QED) is 0.374.